The van der Waals surface area contributed by atoms with Crippen molar-refractivity contribution >= 4 is 11.6 Å². The van der Waals surface area contributed by atoms with Gasteiger partial charge in [-0.2, -0.15) is 17.6 Å². The number of methoxy groups -OCH3 is 2. The van der Waals surface area contributed by atoms with E-state index in [1.165, 1.54) is 13.1 Å². The average Bonchev–Trinajstić information content (AvgIpc) is 3.11. The summed E-state index contributed by atoms with van der Waals surface area (Å²) >= 11 is 0. The number of pyridine rings is 1. The Labute approximate surface area is 211 Å². The Morgan fingerprint density at radius 2 is 1.89 bits per heavy atom. The SMILES string of the molecule is COC[C@@H](c1ccc(NC(=O)[C@@H]2O[C@@](C)(C(F)(F)F)[C@@H](C)[C@H]2c2ccc(F)c(F)c2OC)cn1)N(C)C. The molecule has 5 atom stereocenters. The summed E-state index contributed by atoms with van der Waals surface area (Å²) in [4.78, 5) is 19.5. The number of anilines is 1. The minimum atomic E-state index is -4.85. The van der Waals surface area contributed by atoms with Crippen LogP contribution in [-0.2, 0) is 14.3 Å². The van der Waals surface area contributed by atoms with Gasteiger partial charge in [-0.3, -0.25) is 14.7 Å². The monoisotopic (exact) mass is 531 g/mol. The summed E-state index contributed by atoms with van der Waals surface area (Å²) in [6, 6.07) is 4.94. The number of hydrogen-bond acceptors (Lipinski definition) is 6. The first kappa shape index (κ1) is 28.7. The normalized spacial score (nSPS) is 24.8. The highest BCUT2D eigenvalue weighted by molar-refractivity contribution is 5.95. The number of benzene rings is 1. The van der Waals surface area contributed by atoms with Crippen molar-refractivity contribution in [3.8, 4) is 5.75 Å². The molecule has 0 aliphatic carbocycles. The zero-order chi connectivity index (χ0) is 27.7. The summed E-state index contributed by atoms with van der Waals surface area (Å²) in [5, 5.41) is 2.54. The molecule has 3 rings (SSSR count). The van der Waals surface area contributed by atoms with Crippen LogP contribution in [0.5, 0.6) is 5.75 Å². The minimum Gasteiger partial charge on any atom is -0.493 e. The molecule has 204 valence electrons. The van der Waals surface area contributed by atoms with Gasteiger partial charge in [-0.15, -0.1) is 0 Å². The van der Waals surface area contributed by atoms with Crippen molar-refractivity contribution in [3.63, 3.8) is 0 Å². The number of carbonyl (C=O) groups excluding carboxylic acids is 1. The molecular weight excluding hydrogens is 501 g/mol. The Bertz CT molecular complexity index is 1110. The van der Waals surface area contributed by atoms with E-state index in [0.717, 1.165) is 26.2 Å². The van der Waals surface area contributed by atoms with Crippen molar-refractivity contribution in [3.05, 3.63) is 53.4 Å². The number of amides is 1. The maximum absolute atomic E-state index is 14.5. The van der Waals surface area contributed by atoms with E-state index in [4.69, 9.17) is 14.2 Å². The van der Waals surface area contributed by atoms with Gasteiger partial charge in [0.2, 0.25) is 5.82 Å². The molecule has 1 fully saturated rings. The van der Waals surface area contributed by atoms with Gasteiger partial charge in [0.15, 0.2) is 17.2 Å². The van der Waals surface area contributed by atoms with E-state index in [2.05, 4.69) is 10.3 Å². The van der Waals surface area contributed by atoms with Crippen LogP contribution >= 0.6 is 0 Å². The smallest absolute Gasteiger partial charge is 0.417 e. The third kappa shape index (κ3) is 5.41. The summed E-state index contributed by atoms with van der Waals surface area (Å²) in [5.41, 5.74) is -1.97. The Morgan fingerprint density at radius 1 is 1.22 bits per heavy atom. The molecule has 1 aromatic carbocycles. The van der Waals surface area contributed by atoms with Crippen LogP contribution in [0.3, 0.4) is 0 Å². The Balaban J connectivity index is 1.97. The molecule has 7 nitrogen and oxygen atoms in total. The molecule has 0 saturated carbocycles. The van der Waals surface area contributed by atoms with E-state index in [-0.39, 0.29) is 17.3 Å². The van der Waals surface area contributed by atoms with Crippen molar-refractivity contribution in [2.45, 2.75) is 43.7 Å². The predicted molar refractivity (Wildman–Crippen MR) is 125 cm³/mol. The largest absolute Gasteiger partial charge is 0.493 e. The lowest BCUT2D eigenvalue weighted by atomic mass is 9.77. The lowest BCUT2D eigenvalue weighted by molar-refractivity contribution is -0.272. The van der Waals surface area contributed by atoms with Crippen LogP contribution in [-0.4, -0.2) is 68.6 Å². The number of rotatable bonds is 8. The number of ether oxygens (including phenoxy) is 3. The number of aromatic nitrogens is 1. The Kier molecular flexibility index (Phi) is 8.45. The van der Waals surface area contributed by atoms with E-state index < -0.39 is 53.0 Å². The zero-order valence-electron chi connectivity index (χ0n) is 21.3. The topological polar surface area (TPSA) is 72.9 Å². The molecule has 0 bridgehead atoms. The Morgan fingerprint density at radius 3 is 2.41 bits per heavy atom. The molecule has 12 heteroatoms. The molecule has 1 aliphatic rings. The molecule has 0 spiro atoms. The zero-order valence-corrected chi connectivity index (χ0v) is 21.3. The third-order valence-electron chi connectivity index (χ3n) is 6.91. The van der Waals surface area contributed by atoms with E-state index in [0.29, 0.717) is 12.3 Å². The Hall–Kier alpha value is -2.83. The number of nitrogens with zero attached hydrogens (tertiary/aromatic N) is 2. The first-order valence-electron chi connectivity index (χ1n) is 11.4. The number of hydrogen-bond donors (Lipinski definition) is 1. The standard InChI is InChI=1S/C25H30F5N3O4/c1-13-19(15-8-9-16(26)20(27)21(15)36-6)22(37-24(13,2)25(28,29)30)23(34)32-14-7-10-17(31-11-14)18(12-35-5)33(3)4/h7-11,13,18-19,22H,12H2,1-6H3,(H,32,34)/t13-,18-,19-,22+,24+/m0/s1. The highest BCUT2D eigenvalue weighted by atomic mass is 19.4. The van der Waals surface area contributed by atoms with Crippen LogP contribution in [0.2, 0.25) is 0 Å². The van der Waals surface area contributed by atoms with Crippen molar-refractivity contribution in [2.24, 2.45) is 5.92 Å². The quantitative estimate of drug-likeness (QED) is 0.498. The summed E-state index contributed by atoms with van der Waals surface area (Å²) in [6.45, 7) is 2.45. The number of alkyl halides is 3. The van der Waals surface area contributed by atoms with E-state index in [1.54, 1.807) is 19.2 Å². The van der Waals surface area contributed by atoms with Crippen molar-refractivity contribution < 1.29 is 41.0 Å². The van der Waals surface area contributed by atoms with Crippen molar-refractivity contribution in [2.75, 3.05) is 40.2 Å². The lowest BCUT2D eigenvalue weighted by Gasteiger charge is -2.32. The van der Waals surface area contributed by atoms with E-state index in [1.807, 2.05) is 19.0 Å². The number of likely N-dealkylation sites (N-methyl/N-ethyl adjacent to an activating group) is 1. The summed E-state index contributed by atoms with van der Waals surface area (Å²) in [7, 11) is 6.33. The van der Waals surface area contributed by atoms with E-state index in [9.17, 15) is 26.7 Å². The molecular formula is C25H30F5N3O4. The van der Waals surface area contributed by atoms with Crippen LogP contribution in [0, 0.1) is 17.6 Å². The second kappa shape index (κ2) is 10.9. The lowest BCUT2D eigenvalue weighted by Crippen LogP contribution is -2.47. The van der Waals surface area contributed by atoms with Gasteiger partial charge >= 0.3 is 6.18 Å². The molecule has 0 unspecified atom stereocenters. The number of carbonyl (C=O) groups is 1. The second-order valence-electron chi connectivity index (χ2n) is 9.34. The van der Waals surface area contributed by atoms with Gasteiger partial charge in [-0.05, 0) is 39.2 Å². The maximum Gasteiger partial charge on any atom is 0.417 e. The van der Waals surface area contributed by atoms with Crippen LogP contribution in [0.25, 0.3) is 0 Å². The van der Waals surface area contributed by atoms with Gasteiger partial charge in [-0.1, -0.05) is 13.0 Å². The maximum atomic E-state index is 14.5. The van der Waals surface area contributed by atoms with Gasteiger partial charge in [0.05, 0.1) is 37.3 Å². The molecule has 37 heavy (non-hydrogen) atoms. The van der Waals surface area contributed by atoms with Crippen LogP contribution < -0.4 is 10.1 Å². The fraction of sp³-hybridized carbons (Fsp3) is 0.520. The summed E-state index contributed by atoms with van der Waals surface area (Å²) < 4.78 is 86.1. The number of nitrogens with one attached hydrogen (secondary N) is 1. The van der Waals surface area contributed by atoms with Crippen LogP contribution in [0.15, 0.2) is 30.5 Å². The third-order valence-corrected chi connectivity index (χ3v) is 6.91. The van der Waals surface area contributed by atoms with Crippen molar-refractivity contribution in [1.82, 2.24) is 9.88 Å². The second-order valence-corrected chi connectivity index (χ2v) is 9.34. The van der Waals surface area contributed by atoms with Gasteiger partial charge in [0, 0.05) is 24.5 Å². The molecule has 1 aliphatic heterocycles. The summed E-state index contributed by atoms with van der Waals surface area (Å²) in [5.74, 6) is -6.72. The van der Waals surface area contributed by atoms with E-state index >= 15 is 0 Å². The molecule has 1 amide bonds. The molecule has 1 saturated heterocycles. The van der Waals surface area contributed by atoms with Gasteiger partial charge in [0.1, 0.15) is 6.10 Å². The fourth-order valence-electron chi connectivity index (χ4n) is 4.59. The molecule has 1 N–H and O–H groups in total. The number of halogens is 5. The van der Waals surface area contributed by atoms with Gasteiger partial charge < -0.3 is 19.5 Å². The minimum absolute atomic E-state index is 0.108. The van der Waals surface area contributed by atoms with Crippen molar-refractivity contribution in [1.29, 1.82) is 0 Å². The van der Waals surface area contributed by atoms with Crippen LogP contribution in [0.1, 0.15) is 37.1 Å². The molecule has 2 heterocycles. The summed E-state index contributed by atoms with van der Waals surface area (Å²) in [6.07, 6.45) is -5.17. The molecule has 2 aromatic rings. The molecule has 1 aromatic heterocycles. The first-order valence-corrected chi connectivity index (χ1v) is 11.4. The fourth-order valence-corrected chi connectivity index (χ4v) is 4.59. The predicted octanol–water partition coefficient (Wildman–Crippen LogP) is 4.70. The highest BCUT2D eigenvalue weighted by Gasteiger charge is 2.65. The average molecular weight is 532 g/mol. The van der Waals surface area contributed by atoms with Gasteiger partial charge in [0.25, 0.3) is 5.91 Å². The molecule has 0 radical (unpaired) electrons. The first-order chi connectivity index (χ1) is 17.3. The van der Waals surface area contributed by atoms with Crippen LogP contribution in [0.4, 0.5) is 27.6 Å². The van der Waals surface area contributed by atoms with Gasteiger partial charge in [-0.25, -0.2) is 4.39 Å². The highest BCUT2D eigenvalue weighted by Crippen LogP contribution is 2.55.